The van der Waals surface area contributed by atoms with Crippen molar-refractivity contribution in [3.05, 3.63) is 102 Å². The van der Waals surface area contributed by atoms with E-state index in [0.717, 1.165) is 77.2 Å². The summed E-state index contributed by atoms with van der Waals surface area (Å²) >= 11 is 0. The summed E-state index contributed by atoms with van der Waals surface area (Å²) in [5.41, 5.74) is 6.29. The predicted molar refractivity (Wildman–Crippen MR) is 161 cm³/mol. The number of aryl methyl sites for hydroxylation is 1. The van der Waals surface area contributed by atoms with Crippen LogP contribution in [0.2, 0.25) is 0 Å². The average molecular weight is 570 g/mol. The smallest absolute Gasteiger partial charge is 0.369 e. The first-order valence-electron chi connectivity index (χ1n) is 13.8. The Morgan fingerprint density at radius 2 is 1.62 bits per heavy atom. The van der Waals surface area contributed by atoms with E-state index in [9.17, 15) is 18.0 Å². The number of aromatic amines is 1. The van der Waals surface area contributed by atoms with Crippen LogP contribution in [0.3, 0.4) is 0 Å². The molecule has 4 aromatic carbocycles. The Hall–Kier alpha value is -4.63. The molecule has 0 saturated carbocycles. The number of H-pyrrole nitrogens is 1. The summed E-state index contributed by atoms with van der Waals surface area (Å²) < 4.78 is 39.3. The average Bonchev–Trinajstić information content (AvgIpc) is 3.41. The molecule has 6 nitrogen and oxygen atoms in total. The van der Waals surface area contributed by atoms with Gasteiger partial charge in [-0.15, -0.1) is 0 Å². The molecule has 0 aliphatic carbocycles. The van der Waals surface area contributed by atoms with Crippen LogP contribution in [0.25, 0.3) is 33.3 Å². The van der Waals surface area contributed by atoms with Crippen LogP contribution in [0.5, 0.6) is 0 Å². The molecule has 1 aliphatic rings. The van der Waals surface area contributed by atoms with E-state index in [1.54, 1.807) is 12.1 Å². The van der Waals surface area contributed by atoms with E-state index in [4.69, 9.17) is 0 Å². The number of alkyl halides is 3. The van der Waals surface area contributed by atoms with Crippen LogP contribution >= 0.6 is 0 Å². The Morgan fingerprint density at radius 1 is 0.881 bits per heavy atom. The second-order valence-corrected chi connectivity index (χ2v) is 10.7. The minimum Gasteiger partial charge on any atom is -0.369 e. The second-order valence-electron chi connectivity index (χ2n) is 10.7. The molecular weight excluding hydrogens is 539 g/mol. The highest BCUT2D eigenvalue weighted by molar-refractivity contribution is 6.05. The van der Waals surface area contributed by atoms with Crippen LogP contribution < -0.4 is 10.2 Å². The first-order valence-corrected chi connectivity index (χ1v) is 13.8. The number of carbonyl (C=O) groups excluding carboxylic acids is 1. The van der Waals surface area contributed by atoms with Gasteiger partial charge in [-0.05, 0) is 85.3 Å². The number of nitrogens with zero attached hydrogens (tertiary/aromatic N) is 3. The number of anilines is 2. The number of benzene rings is 4. The number of aromatic nitrogens is 2. The highest BCUT2D eigenvalue weighted by Gasteiger charge is 2.30. The topological polar surface area (TPSA) is 64.3 Å². The molecule has 42 heavy (non-hydrogen) atoms. The summed E-state index contributed by atoms with van der Waals surface area (Å²) in [5, 5.41) is 11.3. The van der Waals surface area contributed by atoms with Gasteiger partial charge in [-0.1, -0.05) is 30.3 Å². The van der Waals surface area contributed by atoms with Crippen molar-refractivity contribution in [1.29, 1.82) is 0 Å². The van der Waals surface area contributed by atoms with Gasteiger partial charge in [0, 0.05) is 54.1 Å². The summed E-state index contributed by atoms with van der Waals surface area (Å²) in [6.45, 7) is 6.08. The van der Waals surface area contributed by atoms with E-state index in [-0.39, 0.29) is 5.69 Å². The number of nitrogens with one attached hydrogen (secondary N) is 2. The molecule has 0 bridgehead atoms. The number of fused-ring (bicyclic) bond motifs is 1. The molecule has 1 aliphatic heterocycles. The lowest BCUT2D eigenvalue weighted by molar-refractivity contribution is -0.137. The Morgan fingerprint density at radius 3 is 2.36 bits per heavy atom. The molecule has 2 heterocycles. The minimum atomic E-state index is -4.49. The SMILES string of the molecule is Cc1ccc(C(=O)Nc2cccc(C(F)(F)F)c2)cc1-c1ccc2c(-c3ccc(N4CCN(C)CC4)cc3)n[nH]c2c1. The molecule has 1 saturated heterocycles. The van der Waals surface area contributed by atoms with E-state index in [2.05, 4.69) is 56.6 Å². The highest BCUT2D eigenvalue weighted by atomic mass is 19.4. The number of hydrogen-bond acceptors (Lipinski definition) is 4. The van der Waals surface area contributed by atoms with Gasteiger partial charge in [0.1, 0.15) is 0 Å². The molecule has 214 valence electrons. The zero-order chi connectivity index (χ0) is 29.4. The fourth-order valence-electron chi connectivity index (χ4n) is 5.35. The largest absolute Gasteiger partial charge is 0.416 e. The quantitative estimate of drug-likeness (QED) is 0.235. The van der Waals surface area contributed by atoms with Crippen molar-refractivity contribution < 1.29 is 18.0 Å². The van der Waals surface area contributed by atoms with Crippen LogP contribution in [0.1, 0.15) is 21.5 Å². The molecule has 2 N–H and O–H groups in total. The van der Waals surface area contributed by atoms with Gasteiger partial charge in [0.25, 0.3) is 5.91 Å². The number of piperazine rings is 1. The lowest BCUT2D eigenvalue weighted by Gasteiger charge is -2.34. The van der Waals surface area contributed by atoms with Crippen LogP contribution in [-0.2, 0) is 6.18 Å². The van der Waals surface area contributed by atoms with Crippen molar-refractivity contribution in [2.45, 2.75) is 13.1 Å². The van der Waals surface area contributed by atoms with E-state index in [0.29, 0.717) is 5.56 Å². The normalized spacial score (nSPS) is 14.4. The third kappa shape index (κ3) is 5.60. The van der Waals surface area contributed by atoms with Crippen LogP contribution in [0.4, 0.5) is 24.5 Å². The van der Waals surface area contributed by atoms with E-state index in [1.165, 1.54) is 17.8 Å². The van der Waals surface area contributed by atoms with Gasteiger partial charge in [0.2, 0.25) is 0 Å². The van der Waals surface area contributed by atoms with Crippen molar-refractivity contribution in [3.8, 4) is 22.4 Å². The third-order valence-corrected chi connectivity index (χ3v) is 7.83. The standard InChI is InChI=1S/C33H30F3N5O/c1-21-6-7-24(32(42)37-26-5-3-4-25(20-26)33(34,35)36)18-29(21)23-10-13-28-30(19-23)38-39-31(28)22-8-11-27(12-9-22)41-16-14-40(2)15-17-41/h3-13,18-20H,14-17H2,1-2H3,(H,37,42)(H,38,39). The van der Waals surface area contributed by atoms with Gasteiger partial charge in [0.05, 0.1) is 16.8 Å². The minimum absolute atomic E-state index is 0.0833. The van der Waals surface area contributed by atoms with Gasteiger partial charge >= 0.3 is 6.18 Å². The zero-order valence-corrected chi connectivity index (χ0v) is 23.3. The summed E-state index contributed by atoms with van der Waals surface area (Å²) in [6.07, 6.45) is -4.49. The molecule has 0 spiro atoms. The summed E-state index contributed by atoms with van der Waals surface area (Å²) in [7, 11) is 2.15. The fourth-order valence-corrected chi connectivity index (χ4v) is 5.35. The number of likely N-dealkylation sites (N-methyl/N-ethyl adjacent to an activating group) is 1. The van der Waals surface area contributed by atoms with Crippen molar-refractivity contribution in [1.82, 2.24) is 15.1 Å². The predicted octanol–water partition coefficient (Wildman–Crippen LogP) is 7.23. The first-order chi connectivity index (χ1) is 20.2. The Balaban J connectivity index is 1.23. The molecule has 0 atom stereocenters. The van der Waals surface area contributed by atoms with Crippen LogP contribution in [-0.4, -0.2) is 54.2 Å². The molecule has 1 fully saturated rings. The molecule has 0 radical (unpaired) electrons. The second kappa shape index (κ2) is 11.0. The molecule has 6 rings (SSSR count). The Kier molecular flexibility index (Phi) is 7.20. The molecule has 1 amide bonds. The highest BCUT2D eigenvalue weighted by Crippen LogP contribution is 2.33. The molecule has 0 unspecified atom stereocenters. The van der Waals surface area contributed by atoms with Crippen molar-refractivity contribution in [3.63, 3.8) is 0 Å². The first kappa shape index (κ1) is 27.5. The van der Waals surface area contributed by atoms with Gasteiger partial charge in [-0.25, -0.2) is 0 Å². The van der Waals surface area contributed by atoms with Crippen molar-refractivity contribution in [2.24, 2.45) is 0 Å². The number of amides is 1. The number of rotatable bonds is 5. The van der Waals surface area contributed by atoms with Crippen molar-refractivity contribution >= 4 is 28.2 Å². The summed E-state index contributed by atoms with van der Waals surface area (Å²) in [6, 6.07) is 24.4. The van der Waals surface area contributed by atoms with Crippen molar-refractivity contribution in [2.75, 3.05) is 43.4 Å². The van der Waals surface area contributed by atoms with Gasteiger partial charge in [-0.3, -0.25) is 9.89 Å². The lowest BCUT2D eigenvalue weighted by atomic mass is 9.96. The third-order valence-electron chi connectivity index (χ3n) is 7.83. The van der Waals surface area contributed by atoms with Gasteiger partial charge < -0.3 is 15.1 Å². The van der Waals surface area contributed by atoms with Gasteiger partial charge in [0.15, 0.2) is 0 Å². The maximum Gasteiger partial charge on any atom is 0.416 e. The number of halogens is 3. The van der Waals surface area contributed by atoms with E-state index in [1.807, 2.05) is 31.2 Å². The Bertz CT molecular complexity index is 1750. The fraction of sp³-hybridized carbons (Fsp3) is 0.212. The van der Waals surface area contributed by atoms with Crippen LogP contribution in [0.15, 0.2) is 84.9 Å². The maximum atomic E-state index is 13.1. The molecule has 9 heteroatoms. The monoisotopic (exact) mass is 569 g/mol. The molecule has 1 aromatic heterocycles. The van der Waals surface area contributed by atoms with Gasteiger partial charge in [-0.2, -0.15) is 18.3 Å². The lowest BCUT2D eigenvalue weighted by Crippen LogP contribution is -2.44. The molecule has 5 aromatic rings. The van der Waals surface area contributed by atoms with E-state index < -0.39 is 17.6 Å². The maximum absolute atomic E-state index is 13.1. The van der Waals surface area contributed by atoms with E-state index >= 15 is 0 Å². The summed E-state index contributed by atoms with van der Waals surface area (Å²) in [5.74, 6) is -0.486. The molecular formula is C33H30F3N5O. The number of carbonyl (C=O) groups is 1. The Labute approximate surface area is 241 Å². The number of hydrogen-bond donors (Lipinski definition) is 2. The van der Waals surface area contributed by atoms with Crippen LogP contribution in [0, 0.1) is 6.92 Å². The zero-order valence-electron chi connectivity index (χ0n) is 23.3. The summed E-state index contributed by atoms with van der Waals surface area (Å²) in [4.78, 5) is 17.7.